The molecule has 1 saturated heterocycles. The number of methoxy groups -OCH3 is 2. The molecule has 1 unspecified atom stereocenters. The van der Waals surface area contributed by atoms with Crippen molar-refractivity contribution in [3.63, 3.8) is 0 Å². The Morgan fingerprint density at radius 3 is 2.38 bits per heavy atom. The lowest BCUT2D eigenvalue weighted by Crippen LogP contribution is -2.21. The Balaban J connectivity index is 2.12. The molecule has 0 spiro atoms. The summed E-state index contributed by atoms with van der Waals surface area (Å²) in [6.45, 7) is 1.42. The molecule has 7 nitrogen and oxygen atoms in total. The van der Waals surface area contributed by atoms with E-state index in [-0.39, 0.29) is 18.1 Å². The van der Waals surface area contributed by atoms with Gasteiger partial charge in [-0.15, -0.1) is 4.98 Å². The Morgan fingerprint density at radius 2 is 1.88 bits per heavy atom. The number of ether oxygens (including phenoxy) is 3. The summed E-state index contributed by atoms with van der Waals surface area (Å²) in [5.74, 6) is 0.444. The molecule has 1 aliphatic heterocycles. The highest BCUT2D eigenvalue weighted by molar-refractivity contribution is 5.29. The molecule has 2 rings (SSSR count). The van der Waals surface area contributed by atoms with Crippen molar-refractivity contribution in [1.82, 2.24) is 15.0 Å². The van der Waals surface area contributed by atoms with Crippen molar-refractivity contribution in [3.05, 3.63) is 0 Å². The second-order valence-corrected chi connectivity index (χ2v) is 3.34. The van der Waals surface area contributed by atoms with E-state index in [9.17, 15) is 0 Å². The minimum absolute atomic E-state index is 0.230. The van der Waals surface area contributed by atoms with Crippen molar-refractivity contribution in [2.75, 3.05) is 32.8 Å². The van der Waals surface area contributed by atoms with Gasteiger partial charge in [-0.05, 0) is 6.42 Å². The molecule has 1 fully saturated rings. The Morgan fingerprint density at radius 1 is 1.19 bits per heavy atom. The maximum absolute atomic E-state index is 5.25. The van der Waals surface area contributed by atoms with Gasteiger partial charge in [0.25, 0.3) is 0 Å². The van der Waals surface area contributed by atoms with E-state index in [1.165, 1.54) is 14.2 Å². The summed E-state index contributed by atoms with van der Waals surface area (Å²) in [5, 5.41) is 3.14. The fourth-order valence-electron chi connectivity index (χ4n) is 1.42. The minimum Gasteiger partial charge on any atom is -0.467 e. The molecule has 0 amide bonds. The lowest BCUT2D eigenvalue weighted by Gasteiger charge is -2.11. The van der Waals surface area contributed by atoms with Crippen LogP contribution in [-0.2, 0) is 4.74 Å². The SMILES string of the molecule is COc1nc(NC2CCOC2)nc(OC)n1. The maximum Gasteiger partial charge on any atom is 0.324 e. The summed E-state index contributed by atoms with van der Waals surface area (Å²) >= 11 is 0. The Bertz CT molecular complexity index is 332. The molecule has 0 radical (unpaired) electrons. The van der Waals surface area contributed by atoms with Gasteiger partial charge >= 0.3 is 12.0 Å². The fourth-order valence-corrected chi connectivity index (χ4v) is 1.42. The van der Waals surface area contributed by atoms with E-state index in [1.54, 1.807) is 0 Å². The van der Waals surface area contributed by atoms with E-state index >= 15 is 0 Å². The third kappa shape index (κ3) is 2.48. The van der Waals surface area contributed by atoms with Crippen LogP contribution >= 0.6 is 0 Å². The van der Waals surface area contributed by atoms with Crippen LogP contribution in [0.25, 0.3) is 0 Å². The summed E-state index contributed by atoms with van der Waals surface area (Å²) in [6.07, 6.45) is 0.941. The van der Waals surface area contributed by atoms with Crippen molar-refractivity contribution in [2.24, 2.45) is 0 Å². The minimum atomic E-state index is 0.230. The predicted octanol–water partition coefficient (Wildman–Crippen LogP) is 0.0896. The van der Waals surface area contributed by atoms with Crippen molar-refractivity contribution >= 4 is 5.95 Å². The lowest BCUT2D eigenvalue weighted by atomic mass is 10.3. The van der Waals surface area contributed by atoms with Gasteiger partial charge in [0.1, 0.15) is 0 Å². The first-order valence-electron chi connectivity index (χ1n) is 5.00. The van der Waals surface area contributed by atoms with E-state index in [1.807, 2.05) is 0 Å². The second kappa shape index (κ2) is 4.93. The summed E-state index contributed by atoms with van der Waals surface area (Å²) in [6, 6.07) is 0.693. The average molecular weight is 226 g/mol. The van der Waals surface area contributed by atoms with Crippen LogP contribution in [0.15, 0.2) is 0 Å². The zero-order valence-corrected chi connectivity index (χ0v) is 9.27. The van der Waals surface area contributed by atoms with Crippen molar-refractivity contribution in [1.29, 1.82) is 0 Å². The summed E-state index contributed by atoms with van der Waals surface area (Å²) in [7, 11) is 2.99. The Kier molecular flexibility index (Phi) is 3.35. The predicted molar refractivity (Wildman–Crippen MR) is 55.8 cm³/mol. The molecule has 1 aliphatic rings. The van der Waals surface area contributed by atoms with Gasteiger partial charge in [-0.25, -0.2) is 0 Å². The van der Waals surface area contributed by atoms with Crippen LogP contribution in [0.3, 0.4) is 0 Å². The van der Waals surface area contributed by atoms with Gasteiger partial charge in [0.15, 0.2) is 0 Å². The highest BCUT2D eigenvalue weighted by Crippen LogP contribution is 2.15. The van der Waals surface area contributed by atoms with Gasteiger partial charge in [0.05, 0.1) is 26.9 Å². The standard InChI is InChI=1S/C9H14N4O3/c1-14-8-11-7(12-9(13-8)15-2)10-6-3-4-16-5-6/h6H,3-5H2,1-2H3,(H,10,11,12,13). The average Bonchev–Trinajstić information content (AvgIpc) is 2.81. The molecule has 16 heavy (non-hydrogen) atoms. The molecule has 7 heteroatoms. The largest absolute Gasteiger partial charge is 0.467 e. The van der Waals surface area contributed by atoms with Crippen LogP contribution in [0.1, 0.15) is 6.42 Å². The molecule has 0 bridgehead atoms. The van der Waals surface area contributed by atoms with Crippen LogP contribution in [0, 0.1) is 0 Å². The topological polar surface area (TPSA) is 78.4 Å². The number of hydrogen-bond acceptors (Lipinski definition) is 7. The summed E-state index contributed by atoms with van der Waals surface area (Å²) in [4.78, 5) is 12.1. The van der Waals surface area contributed by atoms with Crippen LogP contribution < -0.4 is 14.8 Å². The van der Waals surface area contributed by atoms with Crippen LogP contribution in [0.5, 0.6) is 12.0 Å². The number of rotatable bonds is 4. The van der Waals surface area contributed by atoms with E-state index in [0.29, 0.717) is 12.6 Å². The highest BCUT2D eigenvalue weighted by Gasteiger charge is 2.17. The second-order valence-electron chi connectivity index (χ2n) is 3.34. The van der Waals surface area contributed by atoms with E-state index in [0.717, 1.165) is 13.0 Å². The number of nitrogens with zero attached hydrogens (tertiary/aromatic N) is 3. The van der Waals surface area contributed by atoms with E-state index in [4.69, 9.17) is 14.2 Å². The lowest BCUT2D eigenvalue weighted by molar-refractivity contribution is 0.195. The van der Waals surface area contributed by atoms with E-state index < -0.39 is 0 Å². The number of aromatic nitrogens is 3. The zero-order chi connectivity index (χ0) is 11.4. The molecule has 0 aliphatic carbocycles. The van der Waals surface area contributed by atoms with Gasteiger partial charge in [0, 0.05) is 6.61 Å². The third-order valence-corrected chi connectivity index (χ3v) is 2.22. The van der Waals surface area contributed by atoms with Crippen molar-refractivity contribution in [2.45, 2.75) is 12.5 Å². The quantitative estimate of drug-likeness (QED) is 0.779. The molecular weight excluding hydrogens is 212 g/mol. The van der Waals surface area contributed by atoms with Crippen molar-refractivity contribution in [3.8, 4) is 12.0 Å². The Hall–Kier alpha value is -1.63. The van der Waals surface area contributed by atoms with Crippen LogP contribution in [-0.4, -0.2) is 48.4 Å². The first kappa shape index (κ1) is 10.9. The van der Waals surface area contributed by atoms with Gasteiger partial charge in [0.2, 0.25) is 5.95 Å². The van der Waals surface area contributed by atoms with Crippen molar-refractivity contribution < 1.29 is 14.2 Å². The molecule has 0 saturated carbocycles. The maximum atomic E-state index is 5.25. The normalized spacial score (nSPS) is 19.5. The summed E-state index contributed by atoms with van der Waals surface area (Å²) < 4.78 is 15.1. The van der Waals surface area contributed by atoms with Gasteiger partial charge in [-0.1, -0.05) is 0 Å². The van der Waals surface area contributed by atoms with Gasteiger partial charge < -0.3 is 19.5 Å². The number of anilines is 1. The highest BCUT2D eigenvalue weighted by atomic mass is 16.5. The monoisotopic (exact) mass is 226 g/mol. The first-order chi connectivity index (χ1) is 7.81. The molecule has 1 N–H and O–H groups in total. The molecule has 88 valence electrons. The third-order valence-electron chi connectivity index (χ3n) is 2.22. The van der Waals surface area contributed by atoms with E-state index in [2.05, 4.69) is 20.3 Å². The smallest absolute Gasteiger partial charge is 0.324 e. The molecular formula is C9H14N4O3. The Labute approximate surface area is 93.2 Å². The van der Waals surface area contributed by atoms with Crippen LogP contribution in [0.2, 0.25) is 0 Å². The number of hydrogen-bond donors (Lipinski definition) is 1. The zero-order valence-electron chi connectivity index (χ0n) is 9.27. The first-order valence-corrected chi connectivity index (χ1v) is 5.00. The van der Waals surface area contributed by atoms with Gasteiger partial charge in [-0.2, -0.15) is 9.97 Å². The number of nitrogens with one attached hydrogen (secondary N) is 1. The fraction of sp³-hybridized carbons (Fsp3) is 0.667. The van der Waals surface area contributed by atoms with Crippen LogP contribution in [0.4, 0.5) is 5.95 Å². The van der Waals surface area contributed by atoms with Gasteiger partial charge in [-0.3, -0.25) is 0 Å². The molecule has 1 atom stereocenters. The molecule has 1 aromatic heterocycles. The molecule has 0 aromatic carbocycles. The molecule has 1 aromatic rings. The molecule has 2 heterocycles. The summed E-state index contributed by atoms with van der Waals surface area (Å²) in [5.41, 5.74) is 0.